The number of aliphatic hydroxyl groups is 1. The summed E-state index contributed by atoms with van der Waals surface area (Å²) in [6.45, 7) is 3.49. The van der Waals surface area contributed by atoms with E-state index in [0.29, 0.717) is 0 Å². The van der Waals surface area contributed by atoms with Crippen molar-refractivity contribution in [2.24, 2.45) is 0 Å². The standard InChI is InChI=1S/C8H14O3/c1-3-4-5-8(10)11-6-7(2)9/h3-4,7,9H,5-6H2,1-2H3. The zero-order chi connectivity index (χ0) is 8.69. The van der Waals surface area contributed by atoms with Crippen LogP contribution >= 0.6 is 0 Å². The predicted octanol–water partition coefficient (Wildman–Crippen LogP) is 0.877. The number of ether oxygens (including phenoxy) is 1. The van der Waals surface area contributed by atoms with Crippen molar-refractivity contribution in [3.05, 3.63) is 12.2 Å². The van der Waals surface area contributed by atoms with Crippen LogP contribution in [0.3, 0.4) is 0 Å². The van der Waals surface area contributed by atoms with Gasteiger partial charge in [0.1, 0.15) is 6.61 Å². The van der Waals surface area contributed by atoms with E-state index in [1.54, 1.807) is 19.1 Å². The van der Waals surface area contributed by atoms with E-state index in [-0.39, 0.29) is 19.0 Å². The lowest BCUT2D eigenvalue weighted by atomic mass is 10.4. The molecular formula is C8H14O3. The maximum absolute atomic E-state index is 10.7. The summed E-state index contributed by atoms with van der Waals surface area (Å²) in [5.41, 5.74) is 0. The number of hydrogen-bond donors (Lipinski definition) is 1. The Morgan fingerprint density at radius 1 is 1.73 bits per heavy atom. The molecule has 1 N–H and O–H groups in total. The Morgan fingerprint density at radius 2 is 2.36 bits per heavy atom. The normalized spacial score (nSPS) is 13.4. The third-order valence-electron chi connectivity index (χ3n) is 1.01. The fourth-order valence-corrected chi connectivity index (χ4v) is 0.487. The van der Waals surface area contributed by atoms with Crippen LogP contribution in [0.25, 0.3) is 0 Å². The van der Waals surface area contributed by atoms with Crippen molar-refractivity contribution in [3.63, 3.8) is 0 Å². The Morgan fingerprint density at radius 3 is 2.82 bits per heavy atom. The molecule has 1 atom stereocenters. The molecule has 1 unspecified atom stereocenters. The predicted molar refractivity (Wildman–Crippen MR) is 42.1 cm³/mol. The molecule has 0 heterocycles. The van der Waals surface area contributed by atoms with Crippen molar-refractivity contribution in [1.82, 2.24) is 0 Å². The molecule has 0 aromatic carbocycles. The van der Waals surface area contributed by atoms with Gasteiger partial charge in [0.05, 0.1) is 12.5 Å². The first-order valence-corrected chi connectivity index (χ1v) is 3.61. The quantitative estimate of drug-likeness (QED) is 0.488. The molecule has 0 aliphatic heterocycles. The SMILES string of the molecule is CC=CCC(=O)OCC(C)O. The second-order valence-electron chi connectivity index (χ2n) is 2.31. The Bertz CT molecular complexity index is 138. The van der Waals surface area contributed by atoms with Crippen LogP contribution in [0, 0.1) is 0 Å². The van der Waals surface area contributed by atoms with Gasteiger partial charge in [-0.3, -0.25) is 4.79 Å². The summed E-state index contributed by atoms with van der Waals surface area (Å²) < 4.78 is 4.67. The fraction of sp³-hybridized carbons (Fsp3) is 0.625. The Balaban J connectivity index is 3.37. The second-order valence-corrected chi connectivity index (χ2v) is 2.31. The summed E-state index contributed by atoms with van der Waals surface area (Å²) in [7, 11) is 0. The van der Waals surface area contributed by atoms with Gasteiger partial charge in [-0.25, -0.2) is 0 Å². The number of esters is 1. The van der Waals surface area contributed by atoms with Crippen molar-refractivity contribution >= 4 is 5.97 Å². The lowest BCUT2D eigenvalue weighted by Gasteiger charge is -2.04. The van der Waals surface area contributed by atoms with Crippen LogP contribution in [-0.4, -0.2) is 23.8 Å². The van der Waals surface area contributed by atoms with Crippen molar-refractivity contribution in [1.29, 1.82) is 0 Å². The van der Waals surface area contributed by atoms with E-state index in [9.17, 15) is 4.79 Å². The van der Waals surface area contributed by atoms with E-state index in [1.165, 1.54) is 0 Å². The molecule has 11 heavy (non-hydrogen) atoms. The lowest BCUT2D eigenvalue weighted by molar-refractivity contribution is -0.145. The largest absolute Gasteiger partial charge is 0.463 e. The first-order valence-electron chi connectivity index (χ1n) is 3.61. The van der Waals surface area contributed by atoms with Gasteiger partial charge in [-0.2, -0.15) is 0 Å². The Hall–Kier alpha value is -0.830. The van der Waals surface area contributed by atoms with Crippen LogP contribution in [0.15, 0.2) is 12.2 Å². The molecule has 0 bridgehead atoms. The van der Waals surface area contributed by atoms with E-state index in [1.807, 2.05) is 6.92 Å². The molecule has 0 saturated heterocycles. The summed E-state index contributed by atoms with van der Waals surface area (Å²) in [6.07, 6.45) is 3.20. The fourth-order valence-electron chi connectivity index (χ4n) is 0.487. The van der Waals surface area contributed by atoms with Gasteiger partial charge >= 0.3 is 5.97 Å². The van der Waals surface area contributed by atoms with Crippen LogP contribution < -0.4 is 0 Å². The van der Waals surface area contributed by atoms with Crippen molar-refractivity contribution in [2.45, 2.75) is 26.4 Å². The number of carbonyl (C=O) groups is 1. The molecule has 0 aromatic rings. The van der Waals surface area contributed by atoms with E-state index < -0.39 is 6.10 Å². The van der Waals surface area contributed by atoms with Gasteiger partial charge in [-0.1, -0.05) is 12.2 Å². The van der Waals surface area contributed by atoms with E-state index in [2.05, 4.69) is 4.74 Å². The van der Waals surface area contributed by atoms with Crippen LogP contribution in [-0.2, 0) is 9.53 Å². The lowest BCUT2D eigenvalue weighted by Crippen LogP contribution is -2.14. The van der Waals surface area contributed by atoms with Gasteiger partial charge in [0.2, 0.25) is 0 Å². The molecule has 0 radical (unpaired) electrons. The highest BCUT2D eigenvalue weighted by Crippen LogP contribution is 1.90. The molecule has 0 aliphatic rings. The Labute approximate surface area is 66.7 Å². The smallest absolute Gasteiger partial charge is 0.309 e. The van der Waals surface area contributed by atoms with Crippen molar-refractivity contribution in [3.8, 4) is 0 Å². The molecule has 0 amide bonds. The minimum atomic E-state index is -0.579. The van der Waals surface area contributed by atoms with Crippen LogP contribution in [0.1, 0.15) is 20.3 Å². The summed E-state index contributed by atoms with van der Waals surface area (Å²) in [4.78, 5) is 10.7. The van der Waals surface area contributed by atoms with Gasteiger partial charge in [-0.05, 0) is 13.8 Å². The zero-order valence-corrected chi connectivity index (χ0v) is 6.91. The minimum Gasteiger partial charge on any atom is -0.463 e. The first kappa shape index (κ1) is 10.2. The topological polar surface area (TPSA) is 46.5 Å². The van der Waals surface area contributed by atoms with Gasteiger partial charge in [0.15, 0.2) is 0 Å². The summed E-state index contributed by atoms with van der Waals surface area (Å²) in [6, 6.07) is 0. The molecule has 3 heteroatoms. The highest BCUT2D eigenvalue weighted by molar-refractivity contribution is 5.71. The van der Waals surface area contributed by atoms with Crippen LogP contribution in [0.4, 0.5) is 0 Å². The third-order valence-corrected chi connectivity index (χ3v) is 1.01. The third kappa shape index (κ3) is 7.06. The monoisotopic (exact) mass is 158 g/mol. The first-order chi connectivity index (χ1) is 5.16. The minimum absolute atomic E-state index is 0.0797. The number of rotatable bonds is 4. The number of allylic oxidation sites excluding steroid dienone is 1. The average Bonchev–Trinajstić information content (AvgIpc) is 1.97. The number of aliphatic hydroxyl groups excluding tert-OH is 1. The molecule has 3 nitrogen and oxygen atoms in total. The molecule has 64 valence electrons. The molecule has 0 aromatic heterocycles. The van der Waals surface area contributed by atoms with Crippen molar-refractivity contribution < 1.29 is 14.6 Å². The zero-order valence-electron chi connectivity index (χ0n) is 6.91. The number of carbonyl (C=O) groups excluding carboxylic acids is 1. The molecule has 0 fully saturated rings. The summed E-state index contributed by atoms with van der Waals surface area (Å²) in [5, 5.41) is 8.73. The molecule has 0 rings (SSSR count). The maximum atomic E-state index is 10.7. The van der Waals surface area contributed by atoms with E-state index in [0.717, 1.165) is 0 Å². The van der Waals surface area contributed by atoms with Crippen LogP contribution in [0.5, 0.6) is 0 Å². The van der Waals surface area contributed by atoms with Gasteiger partial charge in [-0.15, -0.1) is 0 Å². The maximum Gasteiger partial charge on any atom is 0.309 e. The molecule has 0 saturated carbocycles. The highest BCUT2D eigenvalue weighted by Gasteiger charge is 2.01. The molecular weight excluding hydrogens is 144 g/mol. The Kier molecular flexibility index (Phi) is 5.47. The van der Waals surface area contributed by atoms with Crippen molar-refractivity contribution in [2.75, 3.05) is 6.61 Å². The highest BCUT2D eigenvalue weighted by atomic mass is 16.5. The van der Waals surface area contributed by atoms with Gasteiger partial charge < -0.3 is 9.84 Å². The van der Waals surface area contributed by atoms with Gasteiger partial charge in [0.25, 0.3) is 0 Å². The average molecular weight is 158 g/mol. The van der Waals surface area contributed by atoms with E-state index >= 15 is 0 Å². The summed E-state index contributed by atoms with van der Waals surface area (Å²) in [5.74, 6) is -0.302. The van der Waals surface area contributed by atoms with Crippen LogP contribution in [0.2, 0.25) is 0 Å². The van der Waals surface area contributed by atoms with E-state index in [4.69, 9.17) is 5.11 Å². The molecule has 0 aliphatic carbocycles. The molecule has 0 spiro atoms. The number of hydrogen-bond acceptors (Lipinski definition) is 3. The summed E-state index contributed by atoms with van der Waals surface area (Å²) >= 11 is 0. The van der Waals surface area contributed by atoms with Gasteiger partial charge in [0, 0.05) is 0 Å². The second kappa shape index (κ2) is 5.92.